The fourth-order valence-electron chi connectivity index (χ4n) is 3.02. The first-order valence-electron chi connectivity index (χ1n) is 9.35. The number of carbonyl (C=O) groups is 1. The Morgan fingerprint density at radius 3 is 2.61 bits per heavy atom. The van der Waals surface area contributed by atoms with E-state index in [1.807, 2.05) is 0 Å². The number of ether oxygens (including phenoxy) is 1. The summed E-state index contributed by atoms with van der Waals surface area (Å²) < 4.78 is 31.9. The van der Waals surface area contributed by atoms with Crippen molar-refractivity contribution in [2.24, 2.45) is 0 Å². The van der Waals surface area contributed by atoms with Crippen molar-refractivity contribution in [1.29, 1.82) is 0 Å². The Labute approximate surface area is 184 Å². The molecule has 12 heteroatoms. The topological polar surface area (TPSA) is 131 Å². The fourth-order valence-corrected chi connectivity index (χ4v) is 4.62. The molecular weight excluding hydrogens is 448 g/mol. The smallest absolute Gasteiger partial charge is 0.293 e. The summed E-state index contributed by atoms with van der Waals surface area (Å²) in [5.74, 6) is -0.440. The quantitative estimate of drug-likeness (QED) is 0.471. The minimum absolute atomic E-state index is 0.0314. The number of nitro benzene ring substituents is 1. The molecule has 2 aromatic rings. The van der Waals surface area contributed by atoms with Crippen LogP contribution in [0.3, 0.4) is 0 Å². The number of benzene rings is 2. The van der Waals surface area contributed by atoms with E-state index in [1.165, 1.54) is 16.4 Å². The van der Waals surface area contributed by atoms with Crippen molar-refractivity contribution in [2.45, 2.75) is 11.8 Å². The van der Waals surface area contributed by atoms with E-state index in [2.05, 4.69) is 10.6 Å². The average Bonchev–Trinajstić information content (AvgIpc) is 2.76. The number of hydrogen-bond acceptors (Lipinski definition) is 7. The minimum atomic E-state index is -3.89. The number of amides is 1. The van der Waals surface area contributed by atoms with Gasteiger partial charge in [-0.1, -0.05) is 17.7 Å². The molecule has 0 aliphatic carbocycles. The standard InChI is InChI=1S/C19H21ClN4O6S/c1-13-15(20)3-2-4-16(13)22-19(25)12-21-17-6-5-14(11-18(17)24(26)27)31(28,29)23-7-9-30-10-8-23/h2-6,11,21H,7-10,12H2,1H3,(H,22,25). The summed E-state index contributed by atoms with van der Waals surface area (Å²) in [4.78, 5) is 22.9. The van der Waals surface area contributed by atoms with E-state index in [9.17, 15) is 23.3 Å². The van der Waals surface area contributed by atoms with Gasteiger partial charge in [-0.25, -0.2) is 8.42 Å². The van der Waals surface area contributed by atoms with Crippen molar-refractivity contribution in [1.82, 2.24) is 4.31 Å². The Hall–Kier alpha value is -2.73. The van der Waals surface area contributed by atoms with Crippen LogP contribution in [-0.4, -0.2) is 56.4 Å². The second kappa shape index (κ2) is 9.60. The van der Waals surface area contributed by atoms with Gasteiger partial charge < -0.3 is 15.4 Å². The molecule has 0 aromatic heterocycles. The first-order valence-corrected chi connectivity index (χ1v) is 11.2. The lowest BCUT2D eigenvalue weighted by molar-refractivity contribution is -0.384. The molecule has 166 valence electrons. The highest BCUT2D eigenvalue weighted by atomic mass is 35.5. The van der Waals surface area contributed by atoms with Gasteiger partial charge in [0.05, 0.1) is 29.6 Å². The molecule has 3 rings (SSSR count). The van der Waals surface area contributed by atoms with E-state index in [-0.39, 0.29) is 43.4 Å². The predicted octanol–water partition coefficient (Wildman–Crippen LogP) is 2.63. The number of nitrogens with zero attached hydrogens (tertiary/aromatic N) is 2. The van der Waals surface area contributed by atoms with Gasteiger partial charge >= 0.3 is 0 Å². The van der Waals surface area contributed by atoms with Gasteiger partial charge in [0, 0.05) is 29.9 Å². The van der Waals surface area contributed by atoms with Crippen LogP contribution in [-0.2, 0) is 19.6 Å². The summed E-state index contributed by atoms with van der Waals surface area (Å²) in [6.45, 7) is 2.38. The van der Waals surface area contributed by atoms with Gasteiger partial charge in [-0.3, -0.25) is 14.9 Å². The van der Waals surface area contributed by atoms with Crippen LogP contribution in [0.1, 0.15) is 5.56 Å². The normalized spacial score (nSPS) is 14.8. The zero-order chi connectivity index (χ0) is 22.6. The van der Waals surface area contributed by atoms with Gasteiger partial charge in [-0.05, 0) is 36.8 Å². The number of rotatable bonds is 7. The highest BCUT2D eigenvalue weighted by Crippen LogP contribution is 2.29. The highest BCUT2D eigenvalue weighted by molar-refractivity contribution is 7.89. The van der Waals surface area contributed by atoms with Crippen molar-refractivity contribution in [3.8, 4) is 0 Å². The lowest BCUT2D eigenvalue weighted by Crippen LogP contribution is -2.40. The Balaban J connectivity index is 1.75. The van der Waals surface area contributed by atoms with Crippen molar-refractivity contribution >= 4 is 44.6 Å². The van der Waals surface area contributed by atoms with Crippen molar-refractivity contribution in [3.63, 3.8) is 0 Å². The Morgan fingerprint density at radius 1 is 1.23 bits per heavy atom. The molecule has 0 bridgehead atoms. The summed E-state index contributed by atoms with van der Waals surface area (Å²) in [5.41, 5.74) is 0.812. The molecule has 0 saturated carbocycles. The summed E-state index contributed by atoms with van der Waals surface area (Å²) >= 11 is 6.03. The fraction of sp³-hybridized carbons (Fsp3) is 0.316. The molecule has 1 heterocycles. The molecular formula is C19H21ClN4O6S. The monoisotopic (exact) mass is 468 g/mol. The van der Waals surface area contributed by atoms with Gasteiger partial charge in [0.2, 0.25) is 15.9 Å². The zero-order valence-electron chi connectivity index (χ0n) is 16.6. The minimum Gasteiger partial charge on any atom is -0.379 e. The molecule has 2 N–H and O–H groups in total. The number of halogens is 1. The maximum absolute atomic E-state index is 12.8. The lowest BCUT2D eigenvalue weighted by Gasteiger charge is -2.26. The van der Waals surface area contributed by atoms with Crippen LogP contribution in [0.25, 0.3) is 0 Å². The van der Waals surface area contributed by atoms with E-state index in [0.717, 1.165) is 6.07 Å². The molecule has 1 fully saturated rings. The number of morpholine rings is 1. The van der Waals surface area contributed by atoms with Gasteiger partial charge in [0.15, 0.2) is 0 Å². The molecule has 31 heavy (non-hydrogen) atoms. The summed E-state index contributed by atoms with van der Waals surface area (Å²) in [6.07, 6.45) is 0. The average molecular weight is 469 g/mol. The third-order valence-electron chi connectivity index (χ3n) is 4.75. The van der Waals surface area contributed by atoms with Crippen LogP contribution in [0, 0.1) is 17.0 Å². The third-order valence-corrected chi connectivity index (χ3v) is 7.06. The summed E-state index contributed by atoms with van der Waals surface area (Å²) in [7, 11) is -3.89. The maximum Gasteiger partial charge on any atom is 0.293 e. The van der Waals surface area contributed by atoms with Crippen LogP contribution in [0.15, 0.2) is 41.3 Å². The SMILES string of the molecule is Cc1c(Cl)cccc1NC(=O)CNc1ccc(S(=O)(=O)N2CCOCC2)cc1[N+](=O)[O-]. The first kappa shape index (κ1) is 22.9. The van der Waals surface area contributed by atoms with E-state index in [1.54, 1.807) is 25.1 Å². The number of hydrogen-bond donors (Lipinski definition) is 2. The number of nitro groups is 1. The van der Waals surface area contributed by atoms with Crippen molar-refractivity contribution in [3.05, 3.63) is 57.1 Å². The van der Waals surface area contributed by atoms with Gasteiger partial charge in [0.25, 0.3) is 5.69 Å². The Kier molecular flexibility index (Phi) is 7.11. The van der Waals surface area contributed by atoms with Gasteiger partial charge in [0.1, 0.15) is 5.69 Å². The lowest BCUT2D eigenvalue weighted by atomic mass is 10.2. The first-order chi connectivity index (χ1) is 14.7. The molecule has 1 saturated heterocycles. The van der Waals surface area contributed by atoms with Gasteiger partial charge in [-0.2, -0.15) is 4.31 Å². The number of sulfonamides is 1. The molecule has 2 aromatic carbocycles. The van der Waals surface area contributed by atoms with Crippen LogP contribution >= 0.6 is 11.6 Å². The maximum atomic E-state index is 12.8. The third kappa shape index (κ3) is 5.31. The number of anilines is 2. The molecule has 0 radical (unpaired) electrons. The molecule has 0 atom stereocenters. The van der Waals surface area contributed by atoms with E-state index in [0.29, 0.717) is 16.3 Å². The number of carbonyl (C=O) groups excluding carboxylic acids is 1. The summed E-state index contributed by atoms with van der Waals surface area (Å²) in [6, 6.07) is 8.62. The molecule has 10 nitrogen and oxygen atoms in total. The second-order valence-electron chi connectivity index (χ2n) is 6.77. The second-order valence-corrected chi connectivity index (χ2v) is 9.11. The van der Waals surface area contributed by atoms with Crippen molar-refractivity contribution < 1.29 is 22.9 Å². The van der Waals surface area contributed by atoms with Crippen LogP contribution < -0.4 is 10.6 Å². The predicted molar refractivity (Wildman–Crippen MR) is 116 cm³/mol. The van der Waals surface area contributed by atoms with E-state index in [4.69, 9.17) is 16.3 Å². The molecule has 0 unspecified atom stereocenters. The largest absolute Gasteiger partial charge is 0.379 e. The Morgan fingerprint density at radius 2 is 1.94 bits per heavy atom. The van der Waals surface area contributed by atoms with Crippen LogP contribution in [0.4, 0.5) is 17.1 Å². The van der Waals surface area contributed by atoms with Crippen molar-refractivity contribution in [2.75, 3.05) is 43.5 Å². The molecule has 1 aliphatic rings. The molecule has 1 amide bonds. The van der Waals surface area contributed by atoms with Gasteiger partial charge in [-0.15, -0.1) is 0 Å². The molecule has 1 aliphatic heterocycles. The molecule has 0 spiro atoms. The number of nitrogens with one attached hydrogen (secondary N) is 2. The summed E-state index contributed by atoms with van der Waals surface area (Å²) in [5, 5.41) is 17.4. The van der Waals surface area contributed by atoms with E-state index < -0.39 is 26.5 Å². The highest BCUT2D eigenvalue weighted by Gasteiger charge is 2.29. The van der Waals surface area contributed by atoms with Crippen LogP contribution in [0.2, 0.25) is 5.02 Å². The zero-order valence-corrected chi connectivity index (χ0v) is 18.2. The van der Waals surface area contributed by atoms with E-state index >= 15 is 0 Å². The van der Waals surface area contributed by atoms with Crippen LogP contribution in [0.5, 0.6) is 0 Å². The Bertz CT molecular complexity index is 1100.